The molecule has 1 heteroatoms. The highest BCUT2D eigenvalue weighted by Crippen LogP contribution is 2.31. The lowest BCUT2D eigenvalue weighted by Crippen LogP contribution is -2.26. The molecule has 0 spiro atoms. The smallest absolute Gasteiger partial charge is 0.141 e. The Kier molecular flexibility index (Phi) is 3.95. The second-order valence-corrected chi connectivity index (χ2v) is 4.60. The molecule has 0 saturated heterocycles. The summed E-state index contributed by atoms with van der Waals surface area (Å²) in [6, 6.07) is 0. The Bertz CT molecular complexity index is 147. The molecule has 1 nitrogen and oxygen atoms in total. The van der Waals surface area contributed by atoms with Crippen LogP contribution in [0.25, 0.3) is 0 Å². The third-order valence-electron chi connectivity index (χ3n) is 2.47. The van der Waals surface area contributed by atoms with Crippen molar-refractivity contribution in [2.45, 2.75) is 53.9 Å². The van der Waals surface area contributed by atoms with Crippen LogP contribution >= 0.6 is 0 Å². The van der Waals surface area contributed by atoms with Crippen molar-refractivity contribution in [2.75, 3.05) is 0 Å². The summed E-state index contributed by atoms with van der Waals surface area (Å²) >= 11 is 0. The average Bonchev–Trinajstić information content (AvgIpc) is 2.34. The van der Waals surface area contributed by atoms with Gasteiger partial charge in [-0.1, -0.05) is 41.0 Å². The van der Waals surface area contributed by atoms with Crippen LogP contribution in [0.3, 0.4) is 0 Å². The highest BCUT2D eigenvalue weighted by Gasteiger charge is 2.30. The van der Waals surface area contributed by atoms with Crippen LogP contribution in [-0.4, -0.2) is 5.78 Å². The number of carbonyl (C=O) groups is 1. The Hall–Kier alpha value is -0.330. The third kappa shape index (κ3) is 2.62. The van der Waals surface area contributed by atoms with E-state index in [0.29, 0.717) is 11.7 Å². The molecule has 0 aromatic rings. The van der Waals surface area contributed by atoms with E-state index in [1.807, 2.05) is 20.8 Å². The standard InChI is InChI=1S/C10H18O.CH4/c1-10(2,3)9(11)8-6-4-5-7-8;/h8H,4-7H2,1-3H3;1H4. The lowest BCUT2D eigenvalue weighted by molar-refractivity contribution is -0.130. The van der Waals surface area contributed by atoms with E-state index in [-0.39, 0.29) is 12.8 Å². The quantitative estimate of drug-likeness (QED) is 0.589. The fraction of sp³-hybridized carbons (Fsp3) is 0.909. The Balaban J connectivity index is 0.00000121. The van der Waals surface area contributed by atoms with Gasteiger partial charge in [-0.15, -0.1) is 0 Å². The van der Waals surface area contributed by atoms with Gasteiger partial charge in [-0.05, 0) is 12.8 Å². The summed E-state index contributed by atoms with van der Waals surface area (Å²) in [6.07, 6.45) is 4.78. The second kappa shape index (κ2) is 4.06. The van der Waals surface area contributed by atoms with E-state index in [1.54, 1.807) is 0 Å². The van der Waals surface area contributed by atoms with Gasteiger partial charge in [-0.25, -0.2) is 0 Å². The van der Waals surface area contributed by atoms with Crippen LogP contribution in [0.2, 0.25) is 0 Å². The molecule has 0 heterocycles. The predicted octanol–water partition coefficient (Wildman–Crippen LogP) is 3.43. The minimum absolute atomic E-state index is 0. The van der Waals surface area contributed by atoms with Crippen molar-refractivity contribution >= 4 is 5.78 Å². The summed E-state index contributed by atoms with van der Waals surface area (Å²) in [5.74, 6) is 0.852. The topological polar surface area (TPSA) is 17.1 Å². The Morgan fingerprint density at radius 2 is 1.58 bits per heavy atom. The molecule has 0 radical (unpaired) electrons. The van der Waals surface area contributed by atoms with E-state index in [4.69, 9.17) is 0 Å². The summed E-state index contributed by atoms with van der Waals surface area (Å²) in [5, 5.41) is 0. The molecular weight excluding hydrogens is 148 g/mol. The van der Waals surface area contributed by atoms with Gasteiger partial charge < -0.3 is 0 Å². The molecule has 0 aromatic heterocycles. The molecule has 72 valence electrons. The molecule has 1 rings (SSSR count). The molecule has 0 N–H and O–H groups in total. The maximum Gasteiger partial charge on any atom is 0.141 e. The van der Waals surface area contributed by atoms with Gasteiger partial charge in [0.15, 0.2) is 0 Å². The molecule has 0 aromatic carbocycles. The van der Waals surface area contributed by atoms with Gasteiger partial charge in [-0.3, -0.25) is 4.79 Å². The largest absolute Gasteiger partial charge is 0.299 e. The van der Waals surface area contributed by atoms with E-state index in [9.17, 15) is 4.79 Å². The van der Waals surface area contributed by atoms with Gasteiger partial charge in [0.1, 0.15) is 5.78 Å². The number of carbonyl (C=O) groups excluding carboxylic acids is 1. The predicted molar refractivity (Wildman–Crippen MR) is 53.2 cm³/mol. The minimum Gasteiger partial charge on any atom is -0.299 e. The van der Waals surface area contributed by atoms with E-state index >= 15 is 0 Å². The van der Waals surface area contributed by atoms with Crippen molar-refractivity contribution < 1.29 is 4.79 Å². The van der Waals surface area contributed by atoms with Crippen LogP contribution in [0.1, 0.15) is 53.9 Å². The SMILES string of the molecule is C.CC(C)(C)C(=O)C1CCCC1. The Morgan fingerprint density at radius 3 is 1.92 bits per heavy atom. The van der Waals surface area contributed by atoms with E-state index in [0.717, 1.165) is 12.8 Å². The number of Topliss-reactive ketones (excluding diaryl/α,β-unsaturated/α-hetero) is 1. The zero-order chi connectivity index (χ0) is 8.48. The first-order valence-corrected chi connectivity index (χ1v) is 4.56. The van der Waals surface area contributed by atoms with E-state index in [2.05, 4.69) is 0 Å². The summed E-state index contributed by atoms with van der Waals surface area (Å²) in [5.41, 5.74) is -0.116. The molecule has 1 aliphatic carbocycles. The lowest BCUT2D eigenvalue weighted by Gasteiger charge is -2.20. The average molecular weight is 170 g/mol. The zero-order valence-electron chi connectivity index (χ0n) is 7.81. The monoisotopic (exact) mass is 170 g/mol. The second-order valence-electron chi connectivity index (χ2n) is 4.60. The fourth-order valence-electron chi connectivity index (χ4n) is 1.80. The van der Waals surface area contributed by atoms with Crippen LogP contribution in [-0.2, 0) is 4.79 Å². The Morgan fingerprint density at radius 1 is 1.17 bits per heavy atom. The molecular formula is C11H22O. The highest BCUT2D eigenvalue weighted by molar-refractivity contribution is 5.86. The maximum atomic E-state index is 11.7. The molecule has 0 unspecified atom stereocenters. The molecule has 0 bridgehead atoms. The number of hydrogen-bond acceptors (Lipinski definition) is 1. The van der Waals surface area contributed by atoms with E-state index < -0.39 is 0 Å². The van der Waals surface area contributed by atoms with Gasteiger partial charge in [0.2, 0.25) is 0 Å². The van der Waals surface area contributed by atoms with E-state index in [1.165, 1.54) is 12.8 Å². The fourth-order valence-corrected chi connectivity index (χ4v) is 1.80. The van der Waals surface area contributed by atoms with Gasteiger partial charge >= 0.3 is 0 Å². The van der Waals surface area contributed by atoms with Crippen LogP contribution < -0.4 is 0 Å². The molecule has 0 atom stereocenters. The first kappa shape index (κ1) is 11.7. The van der Waals surface area contributed by atoms with Gasteiger partial charge in [0.25, 0.3) is 0 Å². The maximum absolute atomic E-state index is 11.7. The van der Waals surface area contributed by atoms with Crippen molar-refractivity contribution in [3.05, 3.63) is 0 Å². The summed E-state index contributed by atoms with van der Waals surface area (Å²) in [4.78, 5) is 11.7. The molecule has 12 heavy (non-hydrogen) atoms. The number of ketones is 1. The third-order valence-corrected chi connectivity index (χ3v) is 2.47. The van der Waals surface area contributed by atoms with Crippen molar-refractivity contribution in [2.24, 2.45) is 11.3 Å². The first-order chi connectivity index (χ1) is 5.02. The Labute approximate surface area is 76.6 Å². The highest BCUT2D eigenvalue weighted by atomic mass is 16.1. The van der Waals surface area contributed by atoms with Gasteiger partial charge in [-0.2, -0.15) is 0 Å². The van der Waals surface area contributed by atoms with Crippen molar-refractivity contribution in [3.63, 3.8) is 0 Å². The van der Waals surface area contributed by atoms with Gasteiger partial charge in [0.05, 0.1) is 0 Å². The molecule has 1 aliphatic rings. The van der Waals surface area contributed by atoms with Crippen LogP contribution in [0.5, 0.6) is 0 Å². The van der Waals surface area contributed by atoms with Gasteiger partial charge in [0, 0.05) is 11.3 Å². The molecule has 1 fully saturated rings. The zero-order valence-corrected chi connectivity index (χ0v) is 7.81. The van der Waals surface area contributed by atoms with Crippen molar-refractivity contribution in [1.29, 1.82) is 0 Å². The van der Waals surface area contributed by atoms with Crippen molar-refractivity contribution in [3.8, 4) is 0 Å². The summed E-state index contributed by atoms with van der Waals surface area (Å²) in [7, 11) is 0. The summed E-state index contributed by atoms with van der Waals surface area (Å²) in [6.45, 7) is 6.06. The minimum atomic E-state index is -0.116. The first-order valence-electron chi connectivity index (χ1n) is 4.56. The normalized spacial score (nSPS) is 18.9. The van der Waals surface area contributed by atoms with Crippen molar-refractivity contribution in [1.82, 2.24) is 0 Å². The van der Waals surface area contributed by atoms with Crippen LogP contribution in [0, 0.1) is 11.3 Å². The number of hydrogen-bond donors (Lipinski definition) is 0. The molecule has 1 saturated carbocycles. The molecule has 0 aliphatic heterocycles. The van der Waals surface area contributed by atoms with Crippen LogP contribution in [0.15, 0.2) is 0 Å². The van der Waals surface area contributed by atoms with Crippen LogP contribution in [0.4, 0.5) is 0 Å². The lowest BCUT2D eigenvalue weighted by atomic mass is 9.82. The molecule has 0 amide bonds. The number of rotatable bonds is 1. The summed E-state index contributed by atoms with van der Waals surface area (Å²) < 4.78 is 0.